The summed E-state index contributed by atoms with van der Waals surface area (Å²) >= 11 is 6.07. The fraction of sp³-hybridized carbons (Fsp3) is 0.310. The van der Waals surface area contributed by atoms with Gasteiger partial charge in [-0.25, -0.2) is 4.39 Å². The third-order valence-corrected chi connectivity index (χ3v) is 7.31. The summed E-state index contributed by atoms with van der Waals surface area (Å²) in [4.78, 5) is 13.7. The molecule has 1 amide bonds. The molecule has 1 aliphatic rings. The molecule has 0 spiro atoms. The molecule has 5 heteroatoms. The van der Waals surface area contributed by atoms with Crippen LogP contribution in [0.3, 0.4) is 0 Å². The number of nitrogens with one attached hydrogen (secondary N) is 1. The third-order valence-electron chi connectivity index (χ3n) is 7.06. The summed E-state index contributed by atoms with van der Waals surface area (Å²) in [6.45, 7) is 1.99. The molecule has 34 heavy (non-hydrogen) atoms. The number of nitriles is 1. The summed E-state index contributed by atoms with van der Waals surface area (Å²) in [7, 11) is 0. The molecule has 0 saturated heterocycles. The lowest BCUT2D eigenvalue weighted by atomic mass is 9.77. The molecule has 1 N–H and O–H groups in total. The van der Waals surface area contributed by atoms with Gasteiger partial charge in [0.05, 0.1) is 17.0 Å². The first kappa shape index (κ1) is 24.0. The second kappa shape index (κ2) is 10.4. The van der Waals surface area contributed by atoms with Gasteiger partial charge < -0.3 is 5.32 Å². The Kier molecular flexibility index (Phi) is 7.34. The first-order chi connectivity index (χ1) is 16.4. The zero-order valence-corrected chi connectivity index (χ0v) is 20.0. The van der Waals surface area contributed by atoms with Crippen molar-refractivity contribution in [3.63, 3.8) is 0 Å². The minimum atomic E-state index is -0.848. The summed E-state index contributed by atoms with van der Waals surface area (Å²) in [6.07, 6.45) is 3.74. The van der Waals surface area contributed by atoms with Crippen molar-refractivity contribution in [1.29, 1.82) is 5.26 Å². The lowest BCUT2D eigenvalue weighted by Crippen LogP contribution is -2.48. The molecule has 1 saturated carbocycles. The Morgan fingerprint density at radius 2 is 1.79 bits per heavy atom. The Hall–Kier alpha value is -3.16. The van der Waals surface area contributed by atoms with Crippen molar-refractivity contribution in [2.45, 2.75) is 56.4 Å². The molecular weight excluding hydrogens is 447 g/mol. The smallest absolute Gasteiger partial charge is 0.230 e. The molecule has 0 aromatic heterocycles. The second-order valence-electron chi connectivity index (χ2n) is 9.21. The first-order valence-electron chi connectivity index (χ1n) is 11.7. The molecule has 3 aromatic rings. The van der Waals surface area contributed by atoms with Crippen molar-refractivity contribution < 1.29 is 9.18 Å². The maximum Gasteiger partial charge on any atom is 0.230 e. The normalized spacial score (nSPS) is 16.4. The van der Waals surface area contributed by atoms with Crippen molar-refractivity contribution in [3.05, 3.63) is 106 Å². The number of carbonyl (C=O) groups excluding carboxylic acids is 1. The molecule has 0 aliphatic heterocycles. The van der Waals surface area contributed by atoms with Crippen LogP contribution < -0.4 is 5.32 Å². The Morgan fingerprint density at radius 3 is 2.47 bits per heavy atom. The monoisotopic (exact) mass is 474 g/mol. The van der Waals surface area contributed by atoms with Gasteiger partial charge in [-0.3, -0.25) is 4.79 Å². The Morgan fingerprint density at radius 1 is 1.09 bits per heavy atom. The molecule has 2 atom stereocenters. The van der Waals surface area contributed by atoms with Crippen LogP contribution in [-0.4, -0.2) is 11.9 Å². The topological polar surface area (TPSA) is 52.9 Å². The Labute approximate surface area is 205 Å². The maximum atomic E-state index is 14.8. The van der Waals surface area contributed by atoms with Gasteiger partial charge in [-0.05, 0) is 67.6 Å². The number of benzene rings is 3. The first-order valence-corrected chi connectivity index (χ1v) is 12.1. The number of halogens is 2. The van der Waals surface area contributed by atoms with E-state index < -0.39 is 5.41 Å². The van der Waals surface area contributed by atoms with E-state index in [4.69, 9.17) is 11.6 Å². The largest absolute Gasteiger partial charge is 0.352 e. The Bertz CT molecular complexity index is 1200. The van der Waals surface area contributed by atoms with E-state index in [1.165, 1.54) is 6.07 Å². The summed E-state index contributed by atoms with van der Waals surface area (Å²) < 4.78 is 14.8. The molecule has 174 valence electrons. The summed E-state index contributed by atoms with van der Waals surface area (Å²) in [6, 6.07) is 23.8. The minimum absolute atomic E-state index is 0.0718. The third kappa shape index (κ3) is 5.00. The fourth-order valence-corrected chi connectivity index (χ4v) is 5.31. The highest BCUT2D eigenvalue weighted by molar-refractivity contribution is 6.30. The molecule has 1 aliphatic carbocycles. The number of hydrogen-bond acceptors (Lipinski definition) is 2. The highest BCUT2D eigenvalue weighted by Crippen LogP contribution is 2.43. The lowest BCUT2D eigenvalue weighted by molar-refractivity contribution is -0.127. The molecule has 3 nitrogen and oxygen atoms in total. The van der Waals surface area contributed by atoms with Crippen LogP contribution in [0.5, 0.6) is 0 Å². The van der Waals surface area contributed by atoms with Crippen molar-refractivity contribution in [2.24, 2.45) is 0 Å². The number of amides is 1. The summed E-state index contributed by atoms with van der Waals surface area (Å²) in [5.41, 5.74) is 2.28. The van der Waals surface area contributed by atoms with E-state index >= 15 is 0 Å². The van der Waals surface area contributed by atoms with Gasteiger partial charge in [0.15, 0.2) is 0 Å². The van der Waals surface area contributed by atoms with Gasteiger partial charge in [0, 0.05) is 22.5 Å². The molecule has 0 heterocycles. The number of hydrogen-bond donors (Lipinski definition) is 1. The van der Waals surface area contributed by atoms with Gasteiger partial charge in [-0.15, -0.1) is 0 Å². The average molecular weight is 475 g/mol. The van der Waals surface area contributed by atoms with Gasteiger partial charge in [0.2, 0.25) is 5.91 Å². The zero-order valence-electron chi connectivity index (χ0n) is 19.2. The van der Waals surface area contributed by atoms with Gasteiger partial charge in [-0.2, -0.15) is 5.26 Å². The van der Waals surface area contributed by atoms with E-state index in [9.17, 15) is 14.4 Å². The number of carbonyl (C=O) groups is 1. The predicted molar refractivity (Wildman–Crippen MR) is 133 cm³/mol. The van der Waals surface area contributed by atoms with Crippen LogP contribution in [0.25, 0.3) is 0 Å². The fourth-order valence-electron chi connectivity index (χ4n) is 5.19. The van der Waals surface area contributed by atoms with Gasteiger partial charge in [-0.1, -0.05) is 66.9 Å². The molecular formula is C29H28ClFN2O. The molecule has 4 rings (SSSR count). The number of rotatable bonds is 7. The molecule has 1 fully saturated rings. The molecule has 2 unspecified atom stereocenters. The van der Waals surface area contributed by atoms with Crippen LogP contribution in [0.2, 0.25) is 5.02 Å². The molecule has 3 aromatic carbocycles. The standard InChI is InChI=1S/C29H28ClFN2O/c1-20(33-28(34)29(15-4-5-16-29)26-9-2-3-10-27(26)31)25(18-21-11-13-24(30)14-12-21)23-8-6-7-22(17-23)19-32/h2-3,6-14,17,20,25H,4-5,15-16,18H2,1H3,(H,33,34). The van der Waals surface area contributed by atoms with E-state index in [-0.39, 0.29) is 23.7 Å². The lowest BCUT2D eigenvalue weighted by Gasteiger charge is -2.33. The highest BCUT2D eigenvalue weighted by atomic mass is 35.5. The zero-order chi connectivity index (χ0) is 24.1. The highest BCUT2D eigenvalue weighted by Gasteiger charge is 2.45. The van der Waals surface area contributed by atoms with Crippen molar-refractivity contribution >= 4 is 17.5 Å². The van der Waals surface area contributed by atoms with Crippen molar-refractivity contribution in [3.8, 4) is 6.07 Å². The van der Waals surface area contributed by atoms with Gasteiger partial charge in [0.1, 0.15) is 5.82 Å². The predicted octanol–water partition coefficient (Wildman–Crippen LogP) is 6.69. The van der Waals surface area contributed by atoms with Crippen molar-refractivity contribution in [2.75, 3.05) is 0 Å². The van der Waals surface area contributed by atoms with Crippen LogP contribution in [0.1, 0.15) is 60.8 Å². The maximum absolute atomic E-state index is 14.8. The van der Waals surface area contributed by atoms with Crippen LogP contribution in [0.4, 0.5) is 4.39 Å². The SMILES string of the molecule is CC(NC(=O)C1(c2ccccc2F)CCCC1)C(Cc1ccc(Cl)cc1)c1cccc(C#N)c1. The average Bonchev–Trinajstić information content (AvgIpc) is 3.35. The molecule has 0 radical (unpaired) electrons. The van der Waals surface area contributed by atoms with E-state index in [1.54, 1.807) is 24.3 Å². The van der Waals surface area contributed by atoms with E-state index in [0.29, 0.717) is 35.4 Å². The quantitative estimate of drug-likeness (QED) is 0.414. The van der Waals surface area contributed by atoms with Gasteiger partial charge >= 0.3 is 0 Å². The van der Waals surface area contributed by atoms with Crippen LogP contribution in [-0.2, 0) is 16.6 Å². The van der Waals surface area contributed by atoms with E-state index in [0.717, 1.165) is 24.0 Å². The van der Waals surface area contributed by atoms with Gasteiger partial charge in [0.25, 0.3) is 0 Å². The van der Waals surface area contributed by atoms with Crippen molar-refractivity contribution in [1.82, 2.24) is 5.32 Å². The Balaban J connectivity index is 1.64. The second-order valence-corrected chi connectivity index (χ2v) is 9.64. The van der Waals surface area contributed by atoms with Crippen LogP contribution in [0, 0.1) is 17.1 Å². The van der Waals surface area contributed by atoms with Crippen LogP contribution >= 0.6 is 11.6 Å². The molecule has 0 bridgehead atoms. The minimum Gasteiger partial charge on any atom is -0.352 e. The number of nitrogens with zero attached hydrogens (tertiary/aromatic N) is 1. The summed E-state index contributed by atoms with van der Waals surface area (Å²) in [5, 5.41) is 13.3. The summed E-state index contributed by atoms with van der Waals surface area (Å²) in [5.74, 6) is -0.524. The van der Waals surface area contributed by atoms with Crippen LogP contribution in [0.15, 0.2) is 72.8 Å². The van der Waals surface area contributed by atoms with E-state index in [1.807, 2.05) is 49.4 Å². The van der Waals surface area contributed by atoms with E-state index in [2.05, 4.69) is 11.4 Å².